The number of aliphatic hydroxyl groups is 6. The van der Waals surface area contributed by atoms with Crippen molar-refractivity contribution in [3.8, 4) is 0 Å². The van der Waals surface area contributed by atoms with Crippen LogP contribution in [0.25, 0.3) is 21.8 Å². The molecule has 0 aliphatic heterocycles. The average Bonchev–Trinajstić information content (AvgIpc) is 3.63. The smallest absolute Gasteiger partial charge is 0.383 e. The quantitative estimate of drug-likeness (QED) is 0.0843. The normalized spacial score (nSPS) is 14.4. The third-order valence-corrected chi connectivity index (χ3v) is 6.51. The fraction of sp³-hybridized carbons (Fsp3) is 0.292. The summed E-state index contributed by atoms with van der Waals surface area (Å²) in [5.41, 5.74) is 2.94. The molecule has 15 nitrogen and oxygen atoms in total. The molecule has 8 N–H and O–H groups in total. The number of alkyl halides is 3. The average molecular weight is 611 g/mol. The maximum absolute atomic E-state index is 14.8. The van der Waals surface area contributed by atoms with E-state index in [1.165, 1.54) is 6.07 Å². The fourth-order valence-electron chi connectivity index (χ4n) is 4.36. The number of benzene rings is 1. The molecule has 3 aromatic heterocycles. The summed E-state index contributed by atoms with van der Waals surface area (Å²) in [7, 11) is 0. The molecule has 19 heteroatoms. The highest BCUT2D eigenvalue weighted by molar-refractivity contribution is 6.10. The molecule has 0 unspecified atom stereocenters. The second kappa shape index (κ2) is 10.0. The summed E-state index contributed by atoms with van der Waals surface area (Å²) < 4.78 is 54.3. The molecular formula is C24H21F4N7O8. The van der Waals surface area contributed by atoms with Gasteiger partial charge in [-0.1, -0.05) is 0 Å². The van der Waals surface area contributed by atoms with Crippen molar-refractivity contribution in [2.45, 2.75) is 37.8 Å². The van der Waals surface area contributed by atoms with Crippen molar-refractivity contribution >= 4 is 39.4 Å². The Morgan fingerprint density at radius 3 is 2.26 bits per heavy atom. The van der Waals surface area contributed by atoms with Gasteiger partial charge in [-0.25, -0.2) is 14.4 Å². The van der Waals surface area contributed by atoms with Gasteiger partial charge in [0.2, 0.25) is 0 Å². The lowest BCUT2D eigenvalue weighted by Gasteiger charge is -2.39. The van der Waals surface area contributed by atoms with Crippen LogP contribution in [0.15, 0.2) is 36.7 Å². The molecule has 2 amide bonds. The van der Waals surface area contributed by atoms with Crippen molar-refractivity contribution in [2.24, 2.45) is 5.92 Å². The Morgan fingerprint density at radius 2 is 1.70 bits per heavy atom. The summed E-state index contributed by atoms with van der Waals surface area (Å²) in [6.45, 7) is -1.18. The first kappa shape index (κ1) is 29.9. The van der Waals surface area contributed by atoms with Crippen LogP contribution < -0.4 is 5.73 Å². The van der Waals surface area contributed by atoms with Crippen LogP contribution in [0.4, 0.5) is 23.4 Å². The molecule has 1 aromatic carbocycles. The minimum Gasteiger partial charge on any atom is -0.383 e. The van der Waals surface area contributed by atoms with Gasteiger partial charge in [0.05, 0.1) is 40.4 Å². The Morgan fingerprint density at radius 1 is 1.02 bits per heavy atom. The van der Waals surface area contributed by atoms with Gasteiger partial charge in [0, 0.05) is 23.1 Å². The van der Waals surface area contributed by atoms with E-state index in [1.54, 1.807) is 0 Å². The molecule has 1 fully saturated rings. The second-order valence-electron chi connectivity index (χ2n) is 9.69. The fourth-order valence-corrected chi connectivity index (χ4v) is 4.36. The Kier molecular flexibility index (Phi) is 6.99. The zero-order valence-corrected chi connectivity index (χ0v) is 21.4. The topological polar surface area (TPSA) is 232 Å². The minimum absolute atomic E-state index is 0.00265. The molecule has 228 valence electrons. The van der Waals surface area contributed by atoms with Crippen LogP contribution in [0, 0.1) is 11.7 Å². The predicted octanol–water partition coefficient (Wildman–Crippen LogP) is -0.351. The molecule has 0 atom stereocenters. The van der Waals surface area contributed by atoms with Gasteiger partial charge in [0.25, 0.3) is 11.8 Å². The number of carbonyl (C=O) groups is 2. The maximum atomic E-state index is 14.8. The van der Waals surface area contributed by atoms with Crippen LogP contribution >= 0.6 is 0 Å². The number of hydrogen-bond donors (Lipinski definition) is 7. The van der Waals surface area contributed by atoms with E-state index in [9.17, 15) is 57.8 Å². The first-order valence-electron chi connectivity index (χ1n) is 12.2. The number of carbonyl (C=O) groups excluding carboxylic acids is 2. The van der Waals surface area contributed by atoms with Crippen LogP contribution in [0.1, 0.15) is 34.5 Å². The maximum Gasteiger partial charge on any atom is 0.417 e. The van der Waals surface area contributed by atoms with Crippen molar-refractivity contribution in [2.75, 3.05) is 5.73 Å². The highest BCUT2D eigenvalue weighted by atomic mass is 19.4. The van der Waals surface area contributed by atoms with Crippen molar-refractivity contribution in [3.05, 3.63) is 59.3 Å². The number of pyridine rings is 2. The van der Waals surface area contributed by atoms with Gasteiger partial charge < -0.3 is 36.4 Å². The summed E-state index contributed by atoms with van der Waals surface area (Å²) in [5, 5.41) is 63.1. The van der Waals surface area contributed by atoms with E-state index < -0.39 is 65.3 Å². The third kappa shape index (κ3) is 5.63. The summed E-state index contributed by atoms with van der Waals surface area (Å²) in [6, 6.07) is 3.39. The molecule has 0 saturated heterocycles. The molecular weight excluding hydrogens is 590 g/mol. The summed E-state index contributed by atoms with van der Waals surface area (Å²) in [5.74, 6) is -5.13. The van der Waals surface area contributed by atoms with E-state index in [0.29, 0.717) is 4.68 Å². The van der Waals surface area contributed by atoms with Crippen molar-refractivity contribution in [3.63, 3.8) is 0 Å². The van der Waals surface area contributed by atoms with Crippen LogP contribution in [0.3, 0.4) is 0 Å². The number of hydrazine groups is 1. The van der Waals surface area contributed by atoms with E-state index in [0.717, 1.165) is 18.3 Å². The van der Waals surface area contributed by atoms with E-state index >= 15 is 0 Å². The van der Waals surface area contributed by atoms with Gasteiger partial charge in [-0.2, -0.15) is 28.0 Å². The van der Waals surface area contributed by atoms with Crippen molar-refractivity contribution in [1.82, 2.24) is 29.8 Å². The minimum atomic E-state index is -4.97. The highest BCUT2D eigenvalue weighted by Crippen LogP contribution is 2.35. The number of anilines is 1. The number of hydrogen-bond acceptors (Lipinski definition) is 12. The lowest BCUT2D eigenvalue weighted by Crippen LogP contribution is -2.62. The lowest BCUT2D eigenvalue weighted by molar-refractivity contribution is -0.413. The number of halogens is 4. The molecule has 0 bridgehead atoms. The number of amides is 2. The van der Waals surface area contributed by atoms with Crippen molar-refractivity contribution in [1.29, 1.82) is 0 Å². The van der Waals surface area contributed by atoms with E-state index in [2.05, 4.69) is 15.1 Å². The number of nitrogen functional groups attached to an aromatic ring is 1. The number of rotatable bonds is 6. The number of aromatic nitrogens is 4. The number of fused-ring (bicyclic) bond motifs is 3. The number of nitrogens with zero attached hydrogens (tertiary/aromatic N) is 6. The Hall–Kier alpha value is -4.53. The van der Waals surface area contributed by atoms with Gasteiger partial charge in [0.1, 0.15) is 11.6 Å². The first-order chi connectivity index (χ1) is 19.9. The highest BCUT2D eigenvalue weighted by Gasteiger charge is 2.47. The summed E-state index contributed by atoms with van der Waals surface area (Å²) in [4.78, 5) is 34.3. The Balaban J connectivity index is 1.66. The van der Waals surface area contributed by atoms with Gasteiger partial charge >= 0.3 is 18.4 Å². The largest absolute Gasteiger partial charge is 0.417 e. The molecule has 1 saturated carbocycles. The van der Waals surface area contributed by atoms with E-state index in [1.807, 2.05) is 0 Å². The van der Waals surface area contributed by atoms with Gasteiger partial charge in [0.15, 0.2) is 0 Å². The van der Waals surface area contributed by atoms with Crippen LogP contribution in [-0.2, 0) is 23.6 Å². The zero-order chi connectivity index (χ0) is 31.6. The number of nitrogens with two attached hydrogens (primary N) is 1. The Labute approximate surface area is 236 Å². The van der Waals surface area contributed by atoms with Crippen LogP contribution in [0.5, 0.6) is 0 Å². The first-order valence-corrected chi connectivity index (χ1v) is 12.2. The van der Waals surface area contributed by atoms with Gasteiger partial charge in [-0.3, -0.25) is 14.6 Å². The summed E-state index contributed by atoms with van der Waals surface area (Å²) >= 11 is 0. The van der Waals surface area contributed by atoms with Gasteiger partial charge in [-0.15, -0.1) is 0 Å². The molecule has 1 aliphatic rings. The van der Waals surface area contributed by atoms with E-state index in [-0.39, 0.29) is 62.7 Å². The standard InChI is InChI=1S/C24H21F4N7O8/c25-15-6-12(22(26,27)28)7-30-17(15)9-33(35(24(41,42)43)21(37)10-1-2-10)20(36)11-3-4-16-13(5-11)18-14(19(29)32-16)8-31-34(18)23(38,39)40/h3-8,10,38-43H,1-2,9H2,(H2,29,32). The predicted molar refractivity (Wildman–Crippen MR) is 132 cm³/mol. The van der Waals surface area contributed by atoms with Crippen LogP contribution in [0.2, 0.25) is 0 Å². The third-order valence-electron chi connectivity index (χ3n) is 6.51. The van der Waals surface area contributed by atoms with E-state index in [4.69, 9.17) is 5.73 Å². The SMILES string of the molecule is Nc1nc2ccc(C(=O)N(Cc3ncc(C(F)(F)F)cc3F)N(C(=O)C3CC3)C(O)(O)O)cc2c2c1cnn2C(O)(O)O. The molecule has 3 heterocycles. The van der Waals surface area contributed by atoms with Crippen molar-refractivity contribution < 1.29 is 57.8 Å². The molecule has 4 aromatic rings. The zero-order valence-electron chi connectivity index (χ0n) is 21.4. The molecule has 5 rings (SSSR count). The molecule has 1 aliphatic carbocycles. The van der Waals surface area contributed by atoms with Crippen LogP contribution in [-0.4, -0.2) is 78.3 Å². The molecule has 0 spiro atoms. The molecule has 0 radical (unpaired) electrons. The lowest BCUT2D eigenvalue weighted by atomic mass is 10.1. The summed E-state index contributed by atoms with van der Waals surface area (Å²) in [6.07, 6.45) is -10.8. The molecule has 43 heavy (non-hydrogen) atoms. The Bertz CT molecular complexity index is 1760. The van der Waals surface area contributed by atoms with Gasteiger partial charge in [-0.05, 0) is 37.1 Å². The second-order valence-corrected chi connectivity index (χ2v) is 9.69. The monoisotopic (exact) mass is 611 g/mol.